The zero-order valence-corrected chi connectivity index (χ0v) is 14.2. The molecule has 1 aliphatic heterocycles. The molecular formula is C15H21NO3S2. The monoisotopic (exact) mass is 327 g/mol. The van der Waals surface area contributed by atoms with Crippen molar-refractivity contribution in [2.24, 2.45) is 0 Å². The molecule has 2 unspecified atom stereocenters. The van der Waals surface area contributed by atoms with Gasteiger partial charge in [-0.25, -0.2) is 8.42 Å². The van der Waals surface area contributed by atoms with Crippen molar-refractivity contribution in [2.75, 3.05) is 18.6 Å². The van der Waals surface area contributed by atoms with Gasteiger partial charge in [0.2, 0.25) is 5.91 Å². The Morgan fingerprint density at radius 1 is 1.43 bits per heavy atom. The Balaban J connectivity index is 1.99. The fourth-order valence-electron chi connectivity index (χ4n) is 2.49. The fourth-order valence-corrected chi connectivity index (χ4v) is 5.35. The van der Waals surface area contributed by atoms with E-state index in [2.05, 4.69) is 6.07 Å². The predicted octanol–water partition coefficient (Wildman–Crippen LogP) is 2.12. The third kappa shape index (κ3) is 4.23. The average molecular weight is 327 g/mol. The number of amides is 1. The first-order valence-corrected chi connectivity index (χ1v) is 9.69. The summed E-state index contributed by atoms with van der Waals surface area (Å²) < 4.78 is 23.0. The van der Waals surface area contributed by atoms with E-state index in [-0.39, 0.29) is 28.7 Å². The zero-order valence-electron chi connectivity index (χ0n) is 12.6. The minimum atomic E-state index is -2.96. The van der Waals surface area contributed by atoms with Gasteiger partial charge in [0.1, 0.15) is 0 Å². The number of hydrogen-bond donors (Lipinski definition) is 0. The molecular weight excluding hydrogens is 306 g/mol. The molecule has 0 radical (unpaired) electrons. The molecule has 1 amide bonds. The van der Waals surface area contributed by atoms with Crippen molar-refractivity contribution in [3.8, 4) is 0 Å². The van der Waals surface area contributed by atoms with Gasteiger partial charge < -0.3 is 4.90 Å². The molecule has 4 nitrogen and oxygen atoms in total. The normalized spacial score (nSPS) is 22.0. The average Bonchev–Trinajstić information content (AvgIpc) is 2.77. The van der Waals surface area contributed by atoms with Crippen molar-refractivity contribution in [3.05, 3.63) is 29.8 Å². The van der Waals surface area contributed by atoms with E-state index in [0.717, 1.165) is 10.5 Å². The van der Waals surface area contributed by atoms with Crippen LogP contribution in [0, 0.1) is 6.92 Å². The Bertz CT molecular complexity index is 628. The Hall–Kier alpha value is -1.01. The van der Waals surface area contributed by atoms with E-state index >= 15 is 0 Å². The molecule has 0 aliphatic carbocycles. The number of aryl methyl sites for hydroxylation is 1. The lowest BCUT2D eigenvalue weighted by Gasteiger charge is -2.26. The lowest BCUT2D eigenvalue weighted by molar-refractivity contribution is -0.130. The highest BCUT2D eigenvalue weighted by molar-refractivity contribution is 8.00. The molecule has 1 fully saturated rings. The van der Waals surface area contributed by atoms with Gasteiger partial charge in [0.15, 0.2) is 9.84 Å². The van der Waals surface area contributed by atoms with Crippen LogP contribution in [0.1, 0.15) is 18.9 Å². The van der Waals surface area contributed by atoms with E-state index in [0.29, 0.717) is 6.42 Å². The number of carbonyl (C=O) groups is 1. The molecule has 1 aromatic carbocycles. The molecule has 21 heavy (non-hydrogen) atoms. The van der Waals surface area contributed by atoms with E-state index < -0.39 is 9.84 Å². The van der Waals surface area contributed by atoms with Crippen LogP contribution in [0.25, 0.3) is 0 Å². The molecule has 2 rings (SSSR count). The second-order valence-corrected chi connectivity index (χ2v) is 9.23. The largest absolute Gasteiger partial charge is 0.341 e. The van der Waals surface area contributed by atoms with Crippen LogP contribution < -0.4 is 0 Å². The summed E-state index contributed by atoms with van der Waals surface area (Å²) in [6, 6.07) is 7.85. The van der Waals surface area contributed by atoms with Crippen LogP contribution in [-0.2, 0) is 14.6 Å². The van der Waals surface area contributed by atoms with Gasteiger partial charge >= 0.3 is 0 Å². The Kier molecular flexibility index (Phi) is 4.99. The van der Waals surface area contributed by atoms with Crippen LogP contribution in [0.4, 0.5) is 0 Å². The predicted molar refractivity (Wildman–Crippen MR) is 86.3 cm³/mol. The first kappa shape index (κ1) is 16.4. The molecule has 2 atom stereocenters. The maximum absolute atomic E-state index is 12.4. The number of sulfone groups is 1. The van der Waals surface area contributed by atoms with Gasteiger partial charge in [0.05, 0.1) is 16.8 Å². The van der Waals surface area contributed by atoms with Gasteiger partial charge in [-0.1, -0.05) is 17.7 Å². The van der Waals surface area contributed by atoms with Crippen molar-refractivity contribution in [1.29, 1.82) is 0 Å². The molecule has 0 N–H and O–H groups in total. The molecule has 0 spiro atoms. The van der Waals surface area contributed by atoms with Gasteiger partial charge in [0, 0.05) is 18.0 Å². The lowest BCUT2D eigenvalue weighted by atomic mass is 10.2. The quantitative estimate of drug-likeness (QED) is 0.795. The Morgan fingerprint density at radius 3 is 2.71 bits per heavy atom. The zero-order chi connectivity index (χ0) is 15.6. The molecule has 116 valence electrons. The maximum Gasteiger partial charge on any atom is 0.235 e. The van der Waals surface area contributed by atoms with E-state index in [1.54, 1.807) is 11.9 Å². The SMILES string of the molecule is Cc1cccc(SC(C)C(=O)N(C)C2CCS(=O)(=O)C2)c1. The number of carbonyl (C=O) groups excluding carboxylic acids is 1. The molecule has 1 aliphatic rings. The number of nitrogens with zero attached hydrogens (tertiary/aromatic N) is 1. The Morgan fingerprint density at radius 2 is 2.14 bits per heavy atom. The smallest absolute Gasteiger partial charge is 0.235 e. The third-order valence-electron chi connectivity index (χ3n) is 3.75. The fraction of sp³-hybridized carbons (Fsp3) is 0.533. The van der Waals surface area contributed by atoms with E-state index in [4.69, 9.17) is 0 Å². The number of hydrogen-bond acceptors (Lipinski definition) is 4. The van der Waals surface area contributed by atoms with Gasteiger partial charge in [-0.15, -0.1) is 11.8 Å². The second-order valence-electron chi connectivity index (χ2n) is 5.58. The van der Waals surface area contributed by atoms with Gasteiger partial charge in [-0.3, -0.25) is 4.79 Å². The van der Waals surface area contributed by atoms with Gasteiger partial charge in [-0.05, 0) is 32.4 Å². The number of benzene rings is 1. The standard InChI is InChI=1S/C15H21NO3S2/c1-11-5-4-6-14(9-11)20-12(2)15(17)16(3)13-7-8-21(18,19)10-13/h4-6,9,12-13H,7-8,10H2,1-3H3. The topological polar surface area (TPSA) is 54.5 Å². The first-order valence-electron chi connectivity index (χ1n) is 6.99. The van der Waals surface area contributed by atoms with Crippen molar-refractivity contribution in [1.82, 2.24) is 4.90 Å². The maximum atomic E-state index is 12.4. The first-order chi connectivity index (χ1) is 9.78. The summed E-state index contributed by atoms with van der Waals surface area (Å²) in [7, 11) is -1.26. The van der Waals surface area contributed by atoms with Crippen molar-refractivity contribution >= 4 is 27.5 Å². The summed E-state index contributed by atoms with van der Waals surface area (Å²) in [5.41, 5.74) is 1.16. The van der Waals surface area contributed by atoms with Crippen LogP contribution in [0.5, 0.6) is 0 Å². The molecule has 6 heteroatoms. The number of thioether (sulfide) groups is 1. The van der Waals surface area contributed by atoms with Crippen LogP contribution in [0.3, 0.4) is 0 Å². The Labute approximate surface area is 130 Å². The van der Waals surface area contributed by atoms with Crippen molar-refractivity contribution in [3.63, 3.8) is 0 Å². The summed E-state index contributed by atoms with van der Waals surface area (Å²) in [6.07, 6.45) is 0.548. The molecule has 1 aromatic rings. The molecule has 1 heterocycles. The van der Waals surface area contributed by atoms with Crippen molar-refractivity contribution in [2.45, 2.75) is 36.5 Å². The highest BCUT2D eigenvalue weighted by Gasteiger charge is 2.34. The van der Waals surface area contributed by atoms with Gasteiger partial charge in [0.25, 0.3) is 0 Å². The highest BCUT2D eigenvalue weighted by atomic mass is 32.2. The molecule has 1 saturated heterocycles. The van der Waals surface area contributed by atoms with Crippen LogP contribution in [0.2, 0.25) is 0 Å². The highest BCUT2D eigenvalue weighted by Crippen LogP contribution is 2.26. The summed E-state index contributed by atoms with van der Waals surface area (Å²) >= 11 is 1.51. The van der Waals surface area contributed by atoms with E-state index in [1.807, 2.05) is 32.0 Å². The third-order valence-corrected chi connectivity index (χ3v) is 6.59. The minimum absolute atomic E-state index is 0.0105. The van der Waals surface area contributed by atoms with E-state index in [9.17, 15) is 13.2 Å². The summed E-state index contributed by atoms with van der Waals surface area (Å²) in [5, 5.41) is -0.222. The molecule has 0 bridgehead atoms. The minimum Gasteiger partial charge on any atom is -0.341 e. The molecule has 0 aromatic heterocycles. The molecule has 0 saturated carbocycles. The van der Waals surface area contributed by atoms with Crippen LogP contribution >= 0.6 is 11.8 Å². The van der Waals surface area contributed by atoms with Crippen LogP contribution in [0.15, 0.2) is 29.2 Å². The number of rotatable bonds is 4. The van der Waals surface area contributed by atoms with Crippen molar-refractivity contribution < 1.29 is 13.2 Å². The summed E-state index contributed by atoms with van der Waals surface area (Å²) in [5.74, 6) is 0.273. The summed E-state index contributed by atoms with van der Waals surface area (Å²) in [6.45, 7) is 3.89. The second kappa shape index (κ2) is 6.40. The van der Waals surface area contributed by atoms with Crippen LogP contribution in [-0.4, -0.2) is 49.1 Å². The summed E-state index contributed by atoms with van der Waals surface area (Å²) in [4.78, 5) is 15.1. The van der Waals surface area contributed by atoms with E-state index in [1.165, 1.54) is 11.8 Å². The van der Waals surface area contributed by atoms with Gasteiger partial charge in [-0.2, -0.15) is 0 Å². The lowest BCUT2D eigenvalue weighted by Crippen LogP contribution is -2.41.